The molecule has 3 nitrogen and oxygen atoms in total. The van der Waals surface area contributed by atoms with E-state index in [0.717, 1.165) is 19.5 Å². The number of rotatable bonds is 6. The molecule has 0 aliphatic carbocycles. The highest BCUT2D eigenvalue weighted by molar-refractivity contribution is 5.76. The van der Waals surface area contributed by atoms with Gasteiger partial charge >= 0.3 is 0 Å². The first-order valence-corrected chi connectivity index (χ1v) is 7.10. The van der Waals surface area contributed by atoms with Crippen LogP contribution in [0.4, 0.5) is 0 Å². The summed E-state index contributed by atoms with van der Waals surface area (Å²) in [5.74, 6) is 3.85. The van der Waals surface area contributed by atoms with Gasteiger partial charge in [-0.1, -0.05) is 13.8 Å². The minimum absolute atomic E-state index is 0.138. The van der Waals surface area contributed by atoms with E-state index in [9.17, 15) is 4.79 Å². The number of amides is 1. The molecular weight excluding hydrogens is 224 g/mol. The SMILES string of the molecule is C#CCC(CC)NC(=O)CC(C)C1CCCNC1. The second-order valence-electron chi connectivity index (χ2n) is 5.37. The molecule has 1 heterocycles. The van der Waals surface area contributed by atoms with E-state index in [2.05, 4.69) is 30.4 Å². The summed E-state index contributed by atoms with van der Waals surface area (Å²) in [5.41, 5.74) is 0. The molecule has 0 radical (unpaired) electrons. The average Bonchev–Trinajstić information content (AvgIpc) is 2.39. The lowest BCUT2D eigenvalue weighted by Gasteiger charge is -2.28. The van der Waals surface area contributed by atoms with Crippen molar-refractivity contribution in [2.45, 2.75) is 52.0 Å². The predicted molar refractivity (Wildman–Crippen MR) is 75.0 cm³/mol. The molecule has 0 saturated carbocycles. The van der Waals surface area contributed by atoms with Gasteiger partial charge in [-0.15, -0.1) is 12.3 Å². The smallest absolute Gasteiger partial charge is 0.220 e. The maximum Gasteiger partial charge on any atom is 0.220 e. The zero-order valence-corrected chi connectivity index (χ0v) is 11.7. The van der Waals surface area contributed by atoms with Crippen molar-refractivity contribution in [1.82, 2.24) is 10.6 Å². The monoisotopic (exact) mass is 250 g/mol. The van der Waals surface area contributed by atoms with Crippen LogP contribution in [0.2, 0.25) is 0 Å². The summed E-state index contributed by atoms with van der Waals surface area (Å²) in [6, 6.07) is 0.138. The highest BCUT2D eigenvalue weighted by atomic mass is 16.1. The molecule has 3 heteroatoms. The maximum atomic E-state index is 11.9. The molecule has 2 N–H and O–H groups in total. The second-order valence-corrected chi connectivity index (χ2v) is 5.37. The van der Waals surface area contributed by atoms with E-state index in [1.165, 1.54) is 12.8 Å². The van der Waals surface area contributed by atoms with Gasteiger partial charge in [0.1, 0.15) is 0 Å². The number of nitrogens with one attached hydrogen (secondary N) is 2. The van der Waals surface area contributed by atoms with E-state index >= 15 is 0 Å². The van der Waals surface area contributed by atoms with Crippen molar-refractivity contribution in [3.63, 3.8) is 0 Å². The summed E-state index contributed by atoms with van der Waals surface area (Å²) in [6.45, 7) is 6.40. The first-order valence-electron chi connectivity index (χ1n) is 7.10. The summed E-state index contributed by atoms with van der Waals surface area (Å²) in [6.07, 6.45) is 9.90. The number of hydrogen-bond donors (Lipinski definition) is 2. The third kappa shape index (κ3) is 5.10. The summed E-state index contributed by atoms with van der Waals surface area (Å²) < 4.78 is 0. The number of hydrogen-bond acceptors (Lipinski definition) is 2. The third-order valence-corrected chi connectivity index (χ3v) is 3.87. The lowest BCUT2D eigenvalue weighted by atomic mass is 9.85. The van der Waals surface area contributed by atoms with Gasteiger partial charge < -0.3 is 10.6 Å². The largest absolute Gasteiger partial charge is 0.352 e. The highest BCUT2D eigenvalue weighted by Gasteiger charge is 2.22. The van der Waals surface area contributed by atoms with Crippen molar-refractivity contribution in [2.75, 3.05) is 13.1 Å². The Morgan fingerprint density at radius 1 is 1.61 bits per heavy atom. The zero-order valence-electron chi connectivity index (χ0n) is 11.7. The molecule has 3 atom stereocenters. The minimum Gasteiger partial charge on any atom is -0.352 e. The highest BCUT2D eigenvalue weighted by Crippen LogP contribution is 2.22. The molecule has 1 saturated heterocycles. The first kappa shape index (κ1) is 15.0. The molecule has 1 rings (SSSR count). The fraction of sp³-hybridized carbons (Fsp3) is 0.800. The standard InChI is InChI=1S/C15H26N2O/c1-4-7-14(5-2)17-15(18)10-12(3)13-8-6-9-16-11-13/h1,12-14,16H,5-11H2,2-3H3,(H,17,18). The molecule has 1 amide bonds. The van der Waals surface area contributed by atoms with Crippen molar-refractivity contribution >= 4 is 5.91 Å². The van der Waals surface area contributed by atoms with Gasteiger partial charge in [0.05, 0.1) is 0 Å². The molecule has 102 valence electrons. The Hall–Kier alpha value is -1.01. The number of piperidine rings is 1. The molecule has 1 aliphatic rings. The van der Waals surface area contributed by atoms with Crippen molar-refractivity contribution in [3.8, 4) is 12.3 Å². The van der Waals surface area contributed by atoms with Crippen LogP contribution in [-0.2, 0) is 4.79 Å². The van der Waals surface area contributed by atoms with E-state index in [4.69, 9.17) is 6.42 Å². The molecule has 0 aromatic rings. The van der Waals surface area contributed by atoms with Crippen molar-refractivity contribution in [2.24, 2.45) is 11.8 Å². The maximum absolute atomic E-state index is 11.9. The van der Waals surface area contributed by atoms with Crippen LogP contribution in [0.5, 0.6) is 0 Å². The van der Waals surface area contributed by atoms with Crippen molar-refractivity contribution in [1.29, 1.82) is 0 Å². The fourth-order valence-electron chi connectivity index (χ4n) is 2.55. The van der Waals surface area contributed by atoms with Crippen molar-refractivity contribution in [3.05, 3.63) is 0 Å². The van der Waals surface area contributed by atoms with Gasteiger partial charge in [0.15, 0.2) is 0 Å². The van der Waals surface area contributed by atoms with Gasteiger partial charge in [-0.05, 0) is 44.2 Å². The van der Waals surface area contributed by atoms with E-state index in [0.29, 0.717) is 24.7 Å². The molecule has 0 bridgehead atoms. The Labute approximate surface area is 111 Å². The van der Waals surface area contributed by atoms with Gasteiger partial charge in [0, 0.05) is 18.9 Å². The summed E-state index contributed by atoms with van der Waals surface area (Å²) in [7, 11) is 0. The molecular formula is C15H26N2O. The topological polar surface area (TPSA) is 41.1 Å². The van der Waals surface area contributed by atoms with Gasteiger partial charge in [-0.25, -0.2) is 0 Å². The van der Waals surface area contributed by atoms with Gasteiger partial charge in [0.2, 0.25) is 5.91 Å². The first-order chi connectivity index (χ1) is 8.67. The molecule has 0 aromatic heterocycles. The molecule has 3 unspecified atom stereocenters. The number of carbonyl (C=O) groups is 1. The van der Waals surface area contributed by atoms with Crippen LogP contribution in [0.3, 0.4) is 0 Å². The van der Waals surface area contributed by atoms with Crippen LogP contribution in [-0.4, -0.2) is 25.0 Å². The Kier molecular flexibility index (Phi) is 6.82. The summed E-state index contributed by atoms with van der Waals surface area (Å²) >= 11 is 0. The molecule has 18 heavy (non-hydrogen) atoms. The fourth-order valence-corrected chi connectivity index (χ4v) is 2.55. The molecule has 0 spiro atoms. The minimum atomic E-state index is 0.138. The molecule has 0 aromatic carbocycles. The summed E-state index contributed by atoms with van der Waals surface area (Å²) in [4.78, 5) is 11.9. The molecule has 1 fully saturated rings. The van der Waals surface area contributed by atoms with Crippen molar-refractivity contribution < 1.29 is 4.79 Å². The van der Waals surface area contributed by atoms with Crippen LogP contribution in [0.1, 0.15) is 46.0 Å². The van der Waals surface area contributed by atoms with Crippen LogP contribution in [0.15, 0.2) is 0 Å². The lowest BCUT2D eigenvalue weighted by Crippen LogP contribution is -2.38. The Bertz CT molecular complexity index is 289. The van der Waals surface area contributed by atoms with Gasteiger partial charge in [-0.2, -0.15) is 0 Å². The quantitative estimate of drug-likeness (QED) is 0.707. The molecule has 1 aliphatic heterocycles. The number of terminal acetylenes is 1. The second kappa shape index (κ2) is 8.16. The van der Waals surface area contributed by atoms with Crippen LogP contribution < -0.4 is 10.6 Å². The normalized spacial score (nSPS) is 22.8. The van der Waals surface area contributed by atoms with E-state index in [1.807, 2.05) is 0 Å². The van der Waals surface area contributed by atoms with Crippen LogP contribution >= 0.6 is 0 Å². The van der Waals surface area contributed by atoms with E-state index in [-0.39, 0.29) is 11.9 Å². The lowest BCUT2D eigenvalue weighted by molar-refractivity contribution is -0.123. The van der Waals surface area contributed by atoms with Gasteiger partial charge in [0.25, 0.3) is 0 Å². The van der Waals surface area contributed by atoms with Gasteiger partial charge in [-0.3, -0.25) is 4.79 Å². The Morgan fingerprint density at radius 3 is 2.94 bits per heavy atom. The van der Waals surface area contributed by atoms with E-state index in [1.54, 1.807) is 0 Å². The average molecular weight is 250 g/mol. The third-order valence-electron chi connectivity index (χ3n) is 3.87. The summed E-state index contributed by atoms with van der Waals surface area (Å²) in [5, 5.41) is 6.44. The Morgan fingerprint density at radius 2 is 2.39 bits per heavy atom. The van der Waals surface area contributed by atoms with E-state index < -0.39 is 0 Å². The Balaban J connectivity index is 2.31. The van der Waals surface area contributed by atoms with Crippen LogP contribution in [0.25, 0.3) is 0 Å². The zero-order chi connectivity index (χ0) is 13.4. The number of carbonyl (C=O) groups excluding carboxylic acids is 1. The predicted octanol–water partition coefficient (Wildman–Crippen LogP) is 1.93. The van der Waals surface area contributed by atoms with Crippen LogP contribution in [0, 0.1) is 24.2 Å².